The number of ether oxygens (including phenoxy) is 4. The SMILES string of the molecule is CCCCCCCCCCCCCCCCCCCCCCCCC(=O)O[C@H](COC(=O)CCCCCCCCCCCCCCCCCCCC)COP(=O)(O)OC[C@@H](O)COP(=O)(O)OC[C@@H](COC(=O)CCCCCCCCC(C)C)OC(=O)CCCCCCCCCCC(C)C. The summed E-state index contributed by atoms with van der Waals surface area (Å²) in [5.41, 5.74) is 0. The van der Waals surface area contributed by atoms with Crippen molar-refractivity contribution in [1.29, 1.82) is 0 Å². The van der Waals surface area contributed by atoms with Crippen LogP contribution in [0.5, 0.6) is 0 Å². The van der Waals surface area contributed by atoms with Gasteiger partial charge in [-0.25, -0.2) is 9.13 Å². The van der Waals surface area contributed by atoms with E-state index in [1.807, 2.05) is 0 Å². The minimum atomic E-state index is -4.96. The average Bonchev–Trinajstić information content (AvgIpc) is 0.931. The molecule has 0 aliphatic heterocycles. The lowest BCUT2D eigenvalue weighted by molar-refractivity contribution is -0.161. The summed E-state index contributed by atoms with van der Waals surface area (Å²) < 4.78 is 68.6. The van der Waals surface area contributed by atoms with Crippen LogP contribution in [0.25, 0.3) is 0 Å². The zero-order valence-electron chi connectivity index (χ0n) is 65.5. The van der Waals surface area contributed by atoms with Crippen molar-refractivity contribution in [3.8, 4) is 0 Å². The van der Waals surface area contributed by atoms with E-state index in [0.29, 0.717) is 31.6 Å². The minimum absolute atomic E-state index is 0.104. The van der Waals surface area contributed by atoms with Gasteiger partial charge in [0.15, 0.2) is 12.2 Å². The molecular formula is C81H158O17P2. The lowest BCUT2D eigenvalue weighted by Crippen LogP contribution is -2.30. The number of rotatable bonds is 80. The molecule has 0 heterocycles. The summed E-state index contributed by atoms with van der Waals surface area (Å²) in [5.74, 6) is -0.718. The summed E-state index contributed by atoms with van der Waals surface area (Å²) in [6.45, 7) is 9.50. The van der Waals surface area contributed by atoms with E-state index in [9.17, 15) is 43.2 Å². The van der Waals surface area contributed by atoms with E-state index in [0.717, 1.165) is 102 Å². The van der Waals surface area contributed by atoms with Crippen LogP contribution in [0.2, 0.25) is 0 Å². The number of aliphatic hydroxyl groups is 1. The molecule has 0 aromatic heterocycles. The summed E-state index contributed by atoms with van der Waals surface area (Å²) in [6, 6.07) is 0. The molecule has 0 bridgehead atoms. The highest BCUT2D eigenvalue weighted by molar-refractivity contribution is 7.47. The molecule has 0 saturated carbocycles. The number of carbonyl (C=O) groups is 4. The zero-order chi connectivity index (χ0) is 73.5. The van der Waals surface area contributed by atoms with Gasteiger partial charge in [-0.2, -0.15) is 0 Å². The highest BCUT2D eigenvalue weighted by atomic mass is 31.2. The van der Waals surface area contributed by atoms with Crippen LogP contribution < -0.4 is 0 Å². The van der Waals surface area contributed by atoms with Gasteiger partial charge < -0.3 is 33.8 Å². The molecule has 0 rings (SSSR count). The Balaban J connectivity index is 5.18. The minimum Gasteiger partial charge on any atom is -0.462 e. The highest BCUT2D eigenvalue weighted by Gasteiger charge is 2.30. The predicted molar refractivity (Wildman–Crippen MR) is 409 cm³/mol. The molecule has 17 nitrogen and oxygen atoms in total. The molecule has 0 amide bonds. The van der Waals surface area contributed by atoms with Crippen LogP contribution in [0.15, 0.2) is 0 Å². The quantitative estimate of drug-likeness (QED) is 0.0222. The van der Waals surface area contributed by atoms with Gasteiger partial charge in [0.2, 0.25) is 0 Å². The molecule has 3 N–H and O–H groups in total. The number of carbonyl (C=O) groups excluding carboxylic acids is 4. The van der Waals surface area contributed by atoms with Gasteiger partial charge in [-0.15, -0.1) is 0 Å². The van der Waals surface area contributed by atoms with E-state index in [2.05, 4.69) is 41.5 Å². The first kappa shape index (κ1) is 98.1. The van der Waals surface area contributed by atoms with Gasteiger partial charge in [0.05, 0.1) is 26.4 Å². The van der Waals surface area contributed by atoms with E-state index in [1.165, 1.54) is 238 Å². The van der Waals surface area contributed by atoms with Crippen molar-refractivity contribution in [3.63, 3.8) is 0 Å². The lowest BCUT2D eigenvalue weighted by Gasteiger charge is -2.21. The number of phosphoric acid groups is 2. The Morgan fingerprint density at radius 1 is 0.270 bits per heavy atom. The van der Waals surface area contributed by atoms with Crippen molar-refractivity contribution >= 4 is 39.5 Å². The third-order valence-electron chi connectivity index (χ3n) is 19.0. The molecule has 0 saturated heterocycles. The summed E-state index contributed by atoms with van der Waals surface area (Å²) in [7, 11) is -9.92. The fraction of sp³-hybridized carbons (Fsp3) is 0.951. The molecule has 0 aliphatic carbocycles. The van der Waals surface area contributed by atoms with Crippen molar-refractivity contribution in [2.45, 2.75) is 445 Å². The van der Waals surface area contributed by atoms with Crippen LogP contribution >= 0.6 is 15.6 Å². The van der Waals surface area contributed by atoms with Gasteiger partial charge in [0.25, 0.3) is 0 Å². The second-order valence-corrected chi connectivity index (χ2v) is 33.0. The lowest BCUT2D eigenvalue weighted by atomic mass is 10.0. The first-order valence-corrected chi connectivity index (χ1v) is 45.0. The van der Waals surface area contributed by atoms with Gasteiger partial charge >= 0.3 is 39.5 Å². The smallest absolute Gasteiger partial charge is 0.462 e. The number of unbranched alkanes of at least 4 members (excludes halogenated alkanes) is 50. The van der Waals surface area contributed by atoms with E-state index >= 15 is 0 Å². The van der Waals surface area contributed by atoms with Crippen LogP contribution in [0.4, 0.5) is 0 Å². The molecule has 594 valence electrons. The standard InChI is InChI=1S/C81H158O17P2/c1-7-9-11-13-15-17-19-21-23-25-27-28-29-30-32-34-36-38-40-45-53-59-65-80(85)97-76(69-91-78(83)63-57-51-44-39-37-35-33-31-26-24-22-20-18-16-14-12-10-8-2)71-95-99(87,88)93-67-75(82)68-94-100(89,90)96-72-77(70-92-79(84)64-58-52-48-47-50-56-62-74(5)6)98-81(86)66-60-54-46-42-41-43-49-55-61-73(3)4/h73-77,82H,7-72H2,1-6H3,(H,87,88)(H,89,90)/t75-,76-,77-/m1/s1. The van der Waals surface area contributed by atoms with Crippen LogP contribution in [-0.2, 0) is 65.4 Å². The maximum absolute atomic E-state index is 13.1. The van der Waals surface area contributed by atoms with Crippen LogP contribution in [-0.4, -0.2) is 96.7 Å². The molecule has 2 unspecified atom stereocenters. The van der Waals surface area contributed by atoms with Crippen LogP contribution in [0.3, 0.4) is 0 Å². The Kier molecular flexibility index (Phi) is 71.2. The predicted octanol–water partition coefficient (Wildman–Crippen LogP) is 24.3. The van der Waals surface area contributed by atoms with E-state index < -0.39 is 97.5 Å². The molecule has 0 aliphatic rings. The molecule has 19 heteroatoms. The second kappa shape index (κ2) is 72.6. The van der Waals surface area contributed by atoms with Gasteiger partial charge in [0, 0.05) is 25.7 Å². The monoisotopic (exact) mass is 1470 g/mol. The fourth-order valence-electron chi connectivity index (χ4n) is 12.5. The summed E-state index contributed by atoms with van der Waals surface area (Å²) in [5, 5.41) is 10.6. The van der Waals surface area contributed by atoms with E-state index in [4.69, 9.17) is 37.0 Å². The highest BCUT2D eigenvalue weighted by Crippen LogP contribution is 2.45. The van der Waals surface area contributed by atoms with Crippen molar-refractivity contribution in [1.82, 2.24) is 0 Å². The van der Waals surface area contributed by atoms with Crippen molar-refractivity contribution < 1.29 is 80.2 Å². The number of hydrogen-bond donors (Lipinski definition) is 3. The molecule has 0 fully saturated rings. The largest absolute Gasteiger partial charge is 0.472 e. The van der Waals surface area contributed by atoms with E-state index in [-0.39, 0.29) is 25.7 Å². The molecule has 0 radical (unpaired) electrons. The molecule has 0 aromatic carbocycles. The van der Waals surface area contributed by atoms with Gasteiger partial charge in [0.1, 0.15) is 19.3 Å². The van der Waals surface area contributed by atoms with Crippen LogP contribution in [0, 0.1) is 11.8 Å². The normalized spacial score (nSPS) is 13.9. The fourth-order valence-corrected chi connectivity index (χ4v) is 14.1. The first-order chi connectivity index (χ1) is 48.4. The van der Waals surface area contributed by atoms with E-state index in [1.54, 1.807) is 0 Å². The van der Waals surface area contributed by atoms with Crippen molar-refractivity contribution in [2.24, 2.45) is 11.8 Å². The molecule has 0 aromatic rings. The Bertz CT molecular complexity index is 1920. The second-order valence-electron chi connectivity index (χ2n) is 30.1. The Labute approximate surface area is 613 Å². The number of phosphoric ester groups is 2. The Morgan fingerprint density at radius 3 is 0.680 bits per heavy atom. The van der Waals surface area contributed by atoms with Crippen molar-refractivity contribution in [3.05, 3.63) is 0 Å². The first-order valence-electron chi connectivity index (χ1n) is 42.0. The molecular weight excluding hydrogens is 1310 g/mol. The topological polar surface area (TPSA) is 237 Å². The number of esters is 4. The summed E-state index contributed by atoms with van der Waals surface area (Å²) in [4.78, 5) is 72.9. The van der Waals surface area contributed by atoms with Crippen LogP contribution in [0.1, 0.15) is 427 Å². The molecule has 5 atom stereocenters. The third kappa shape index (κ3) is 74.3. The van der Waals surface area contributed by atoms with Gasteiger partial charge in [-0.3, -0.25) is 37.3 Å². The average molecular weight is 1470 g/mol. The third-order valence-corrected chi connectivity index (χ3v) is 20.9. The summed E-state index contributed by atoms with van der Waals surface area (Å²) in [6.07, 6.45) is 62.9. The van der Waals surface area contributed by atoms with Gasteiger partial charge in [-0.05, 0) is 37.5 Å². The zero-order valence-corrected chi connectivity index (χ0v) is 67.3. The maximum atomic E-state index is 13.1. The van der Waals surface area contributed by atoms with Gasteiger partial charge in [-0.1, -0.05) is 375 Å². The maximum Gasteiger partial charge on any atom is 0.472 e. The number of aliphatic hydroxyl groups excluding tert-OH is 1. The molecule has 100 heavy (non-hydrogen) atoms. The Hall–Kier alpha value is -1.94. The summed E-state index contributed by atoms with van der Waals surface area (Å²) >= 11 is 0. The Morgan fingerprint density at radius 2 is 0.460 bits per heavy atom. The number of hydrogen-bond acceptors (Lipinski definition) is 15. The molecule has 0 spiro atoms. The van der Waals surface area contributed by atoms with Crippen molar-refractivity contribution in [2.75, 3.05) is 39.6 Å².